The number of aromatic nitrogens is 1. The molecule has 0 atom stereocenters. The van der Waals surface area contributed by atoms with Crippen molar-refractivity contribution in [2.24, 2.45) is 5.73 Å². The number of fused-ring (bicyclic) bond motifs is 1. The summed E-state index contributed by atoms with van der Waals surface area (Å²) in [4.78, 5) is 4.48. The van der Waals surface area contributed by atoms with Gasteiger partial charge in [0.15, 0.2) is 5.58 Å². The van der Waals surface area contributed by atoms with Crippen LogP contribution < -0.4 is 5.73 Å². The van der Waals surface area contributed by atoms with Crippen molar-refractivity contribution in [2.45, 2.75) is 13.5 Å². The Hall–Kier alpha value is -1.84. The number of oxazole rings is 1. The van der Waals surface area contributed by atoms with Gasteiger partial charge in [-0.1, -0.05) is 23.7 Å². The number of halogens is 1. The van der Waals surface area contributed by atoms with Crippen molar-refractivity contribution < 1.29 is 4.42 Å². The van der Waals surface area contributed by atoms with E-state index < -0.39 is 0 Å². The summed E-state index contributed by atoms with van der Waals surface area (Å²) in [7, 11) is 0. The van der Waals surface area contributed by atoms with Gasteiger partial charge in [-0.05, 0) is 36.2 Å². The Bertz CT molecular complexity index is 693. The van der Waals surface area contributed by atoms with E-state index in [9.17, 15) is 0 Å². The molecule has 3 nitrogen and oxygen atoms in total. The van der Waals surface area contributed by atoms with Crippen molar-refractivity contribution in [1.82, 2.24) is 4.98 Å². The van der Waals surface area contributed by atoms with E-state index in [1.807, 2.05) is 37.3 Å². The third kappa shape index (κ3) is 2.23. The molecule has 1 aromatic heterocycles. The average molecular weight is 273 g/mol. The molecular formula is C15H13ClN2O. The summed E-state index contributed by atoms with van der Waals surface area (Å²) in [6.07, 6.45) is 0. The maximum atomic E-state index is 6.08. The number of nitrogens with zero attached hydrogens (tertiary/aromatic N) is 1. The lowest BCUT2D eigenvalue weighted by Gasteiger charge is -1.97. The van der Waals surface area contributed by atoms with Crippen molar-refractivity contribution in [3.8, 4) is 11.5 Å². The molecule has 3 aromatic rings. The quantitative estimate of drug-likeness (QED) is 0.769. The van der Waals surface area contributed by atoms with Crippen LogP contribution in [-0.2, 0) is 6.54 Å². The van der Waals surface area contributed by atoms with Crippen LogP contribution in [0.1, 0.15) is 11.1 Å². The topological polar surface area (TPSA) is 52.0 Å². The van der Waals surface area contributed by atoms with Crippen LogP contribution in [0.4, 0.5) is 0 Å². The zero-order valence-electron chi connectivity index (χ0n) is 10.5. The van der Waals surface area contributed by atoms with E-state index in [4.69, 9.17) is 21.8 Å². The monoisotopic (exact) mass is 272 g/mol. The third-order valence-corrected chi connectivity index (χ3v) is 3.51. The molecule has 96 valence electrons. The zero-order chi connectivity index (χ0) is 13.4. The highest BCUT2D eigenvalue weighted by molar-refractivity contribution is 6.32. The Balaban J connectivity index is 2.09. The molecule has 0 radical (unpaired) electrons. The second-order valence-electron chi connectivity index (χ2n) is 4.49. The van der Waals surface area contributed by atoms with E-state index in [0.717, 1.165) is 22.2 Å². The molecule has 0 aliphatic rings. The average Bonchev–Trinajstić information content (AvgIpc) is 2.82. The van der Waals surface area contributed by atoms with Gasteiger partial charge in [0.05, 0.1) is 0 Å². The molecule has 0 aliphatic heterocycles. The van der Waals surface area contributed by atoms with Crippen LogP contribution in [0.2, 0.25) is 5.02 Å². The molecule has 0 unspecified atom stereocenters. The normalized spacial score (nSPS) is 11.1. The zero-order valence-corrected chi connectivity index (χ0v) is 11.2. The van der Waals surface area contributed by atoms with Gasteiger partial charge in [-0.15, -0.1) is 0 Å². The minimum Gasteiger partial charge on any atom is -0.436 e. The number of rotatable bonds is 2. The number of nitrogens with two attached hydrogens (primary N) is 1. The van der Waals surface area contributed by atoms with Gasteiger partial charge < -0.3 is 10.2 Å². The van der Waals surface area contributed by atoms with Crippen molar-refractivity contribution in [3.63, 3.8) is 0 Å². The lowest BCUT2D eigenvalue weighted by molar-refractivity contribution is 0.620. The molecule has 1 heterocycles. The summed E-state index contributed by atoms with van der Waals surface area (Å²) in [5, 5.41) is 0.689. The molecule has 0 bridgehead atoms. The van der Waals surface area contributed by atoms with Gasteiger partial charge in [0.1, 0.15) is 5.52 Å². The predicted octanol–water partition coefficient (Wildman–Crippen LogP) is 3.92. The smallest absolute Gasteiger partial charge is 0.227 e. The Morgan fingerprint density at radius 3 is 2.63 bits per heavy atom. The molecule has 0 aliphatic carbocycles. The highest BCUT2D eigenvalue weighted by atomic mass is 35.5. The summed E-state index contributed by atoms with van der Waals surface area (Å²) in [6, 6.07) is 11.6. The molecular weight excluding hydrogens is 260 g/mol. The maximum Gasteiger partial charge on any atom is 0.227 e. The van der Waals surface area contributed by atoms with Crippen LogP contribution in [0, 0.1) is 6.92 Å². The van der Waals surface area contributed by atoms with Crippen LogP contribution in [-0.4, -0.2) is 4.98 Å². The van der Waals surface area contributed by atoms with Gasteiger partial charge in [-0.2, -0.15) is 0 Å². The largest absolute Gasteiger partial charge is 0.436 e. The molecule has 4 heteroatoms. The fourth-order valence-corrected chi connectivity index (χ4v) is 2.11. The SMILES string of the molecule is Cc1cc2nc(-c3ccc(CN)cc3)oc2cc1Cl. The van der Waals surface area contributed by atoms with Crippen LogP contribution in [0.15, 0.2) is 40.8 Å². The van der Waals surface area contributed by atoms with E-state index in [-0.39, 0.29) is 0 Å². The fraction of sp³-hybridized carbons (Fsp3) is 0.133. The molecule has 0 saturated carbocycles. The molecule has 2 N–H and O–H groups in total. The van der Waals surface area contributed by atoms with Crippen molar-refractivity contribution >= 4 is 22.7 Å². The summed E-state index contributed by atoms with van der Waals surface area (Å²) in [5.74, 6) is 0.597. The summed E-state index contributed by atoms with van der Waals surface area (Å²) in [5.41, 5.74) is 10.1. The molecule has 0 amide bonds. The van der Waals surface area contributed by atoms with Crippen LogP contribution in [0.3, 0.4) is 0 Å². The molecule has 0 saturated heterocycles. The van der Waals surface area contributed by atoms with E-state index in [0.29, 0.717) is 23.0 Å². The minimum atomic E-state index is 0.530. The highest BCUT2D eigenvalue weighted by Gasteiger charge is 2.09. The highest BCUT2D eigenvalue weighted by Crippen LogP contribution is 2.28. The van der Waals surface area contributed by atoms with Crippen molar-refractivity contribution in [1.29, 1.82) is 0 Å². The Morgan fingerprint density at radius 1 is 1.21 bits per heavy atom. The first-order valence-electron chi connectivity index (χ1n) is 6.03. The maximum absolute atomic E-state index is 6.08. The van der Waals surface area contributed by atoms with Gasteiger partial charge in [0, 0.05) is 23.2 Å². The lowest BCUT2D eigenvalue weighted by atomic mass is 10.1. The first kappa shape index (κ1) is 12.2. The van der Waals surface area contributed by atoms with Gasteiger partial charge in [-0.25, -0.2) is 4.98 Å². The number of benzene rings is 2. The van der Waals surface area contributed by atoms with Gasteiger partial charge >= 0.3 is 0 Å². The van der Waals surface area contributed by atoms with Crippen molar-refractivity contribution in [3.05, 3.63) is 52.5 Å². The standard InChI is InChI=1S/C15H13ClN2O/c1-9-6-13-14(7-12(9)16)19-15(18-13)11-4-2-10(8-17)3-5-11/h2-7H,8,17H2,1H3. The van der Waals surface area contributed by atoms with E-state index in [2.05, 4.69) is 4.98 Å². The molecule has 0 spiro atoms. The van der Waals surface area contributed by atoms with E-state index in [1.165, 1.54) is 0 Å². The van der Waals surface area contributed by atoms with Crippen LogP contribution >= 0.6 is 11.6 Å². The van der Waals surface area contributed by atoms with Crippen LogP contribution in [0.25, 0.3) is 22.6 Å². The molecule has 19 heavy (non-hydrogen) atoms. The first-order chi connectivity index (χ1) is 9.17. The molecule has 3 rings (SSSR count). The van der Waals surface area contributed by atoms with Crippen molar-refractivity contribution in [2.75, 3.05) is 0 Å². The summed E-state index contributed by atoms with van der Waals surface area (Å²) in [6.45, 7) is 2.48. The Kier molecular flexibility index (Phi) is 3.01. The first-order valence-corrected chi connectivity index (χ1v) is 6.41. The van der Waals surface area contributed by atoms with Gasteiger partial charge in [0.25, 0.3) is 0 Å². The fourth-order valence-electron chi connectivity index (χ4n) is 1.96. The Labute approximate surface area is 116 Å². The van der Waals surface area contributed by atoms with E-state index in [1.54, 1.807) is 6.07 Å². The van der Waals surface area contributed by atoms with E-state index >= 15 is 0 Å². The second-order valence-corrected chi connectivity index (χ2v) is 4.90. The predicted molar refractivity (Wildman–Crippen MR) is 77.1 cm³/mol. The number of hydrogen-bond donors (Lipinski definition) is 1. The summed E-state index contributed by atoms with van der Waals surface area (Å²) >= 11 is 6.08. The summed E-state index contributed by atoms with van der Waals surface area (Å²) < 4.78 is 5.74. The van der Waals surface area contributed by atoms with Crippen LogP contribution in [0.5, 0.6) is 0 Å². The number of aryl methyl sites for hydroxylation is 1. The molecule has 2 aromatic carbocycles. The van der Waals surface area contributed by atoms with Gasteiger partial charge in [0.2, 0.25) is 5.89 Å². The second kappa shape index (κ2) is 4.68. The molecule has 0 fully saturated rings. The Morgan fingerprint density at radius 2 is 1.95 bits per heavy atom. The van der Waals surface area contributed by atoms with Gasteiger partial charge in [-0.3, -0.25) is 0 Å². The minimum absolute atomic E-state index is 0.530. The third-order valence-electron chi connectivity index (χ3n) is 3.11. The number of hydrogen-bond acceptors (Lipinski definition) is 3. The lowest BCUT2D eigenvalue weighted by Crippen LogP contribution is -1.95.